The van der Waals surface area contributed by atoms with E-state index in [2.05, 4.69) is 26.6 Å². The molecule has 0 bridgehead atoms. The summed E-state index contributed by atoms with van der Waals surface area (Å²) in [5.41, 5.74) is 1.27. The minimum absolute atomic E-state index is 0.214. The van der Waals surface area contributed by atoms with Crippen LogP contribution in [0.5, 0.6) is 5.75 Å². The van der Waals surface area contributed by atoms with Gasteiger partial charge < -0.3 is 15.4 Å². The van der Waals surface area contributed by atoms with Gasteiger partial charge in [-0.2, -0.15) is 0 Å². The zero-order chi connectivity index (χ0) is 17.5. The molecule has 6 heteroatoms. The second-order valence-corrected chi connectivity index (χ2v) is 6.02. The Bertz CT molecular complexity index is 747. The maximum Gasteiger partial charge on any atom is 0.259 e. The maximum atomic E-state index is 12.6. The predicted molar refractivity (Wildman–Crippen MR) is 97.7 cm³/mol. The number of carbonyl (C=O) groups is 2. The van der Waals surface area contributed by atoms with Gasteiger partial charge in [-0.25, -0.2) is 0 Å². The Kier molecular flexibility index (Phi) is 6.37. The topological polar surface area (TPSA) is 67.4 Å². The van der Waals surface area contributed by atoms with Crippen molar-refractivity contribution in [1.82, 2.24) is 5.32 Å². The zero-order valence-corrected chi connectivity index (χ0v) is 15.1. The number of benzene rings is 2. The normalized spacial score (nSPS) is 10.1. The number of para-hydroxylation sites is 1. The molecule has 126 valence electrons. The van der Waals surface area contributed by atoms with Gasteiger partial charge in [-0.1, -0.05) is 35.0 Å². The molecule has 0 saturated heterocycles. The van der Waals surface area contributed by atoms with Gasteiger partial charge in [0.05, 0.1) is 23.9 Å². The average molecular weight is 391 g/mol. The van der Waals surface area contributed by atoms with Gasteiger partial charge in [0.25, 0.3) is 11.8 Å². The molecular weight excluding hydrogens is 372 g/mol. The van der Waals surface area contributed by atoms with E-state index in [-0.39, 0.29) is 11.8 Å². The lowest BCUT2D eigenvalue weighted by Crippen LogP contribution is -2.25. The first-order chi connectivity index (χ1) is 11.6. The minimum Gasteiger partial charge on any atom is -0.496 e. The Balaban J connectivity index is 2.27. The van der Waals surface area contributed by atoms with Crippen LogP contribution in [0.2, 0.25) is 0 Å². The Labute approximate surface area is 149 Å². The van der Waals surface area contributed by atoms with Crippen molar-refractivity contribution in [3.63, 3.8) is 0 Å². The van der Waals surface area contributed by atoms with Crippen LogP contribution in [0.4, 0.5) is 5.69 Å². The fourth-order valence-corrected chi connectivity index (χ4v) is 2.53. The molecule has 2 N–H and O–H groups in total. The summed E-state index contributed by atoms with van der Waals surface area (Å²) in [4.78, 5) is 24.8. The molecule has 0 radical (unpaired) electrons. The van der Waals surface area contributed by atoms with Crippen molar-refractivity contribution in [2.24, 2.45) is 0 Å². The number of ether oxygens (including phenoxy) is 1. The molecule has 0 aliphatic heterocycles. The van der Waals surface area contributed by atoms with Gasteiger partial charge in [-0.15, -0.1) is 0 Å². The molecular formula is C18H19BrN2O3. The highest BCUT2D eigenvalue weighted by Gasteiger charge is 2.16. The van der Waals surface area contributed by atoms with Crippen molar-refractivity contribution in [3.05, 3.63) is 58.1 Å². The number of halogens is 1. The SMILES string of the molecule is CCCNC(=O)c1ccccc1NC(=O)c1cc(Br)ccc1OC. The summed E-state index contributed by atoms with van der Waals surface area (Å²) < 4.78 is 6.00. The van der Waals surface area contributed by atoms with E-state index in [9.17, 15) is 9.59 Å². The highest BCUT2D eigenvalue weighted by molar-refractivity contribution is 9.10. The molecule has 2 aromatic carbocycles. The molecule has 0 heterocycles. The molecule has 0 aliphatic carbocycles. The van der Waals surface area contributed by atoms with Gasteiger partial charge in [0.15, 0.2) is 0 Å². The van der Waals surface area contributed by atoms with E-state index in [0.29, 0.717) is 29.1 Å². The first-order valence-electron chi connectivity index (χ1n) is 7.59. The first-order valence-corrected chi connectivity index (χ1v) is 8.38. The largest absolute Gasteiger partial charge is 0.496 e. The third kappa shape index (κ3) is 4.35. The number of rotatable bonds is 6. The average Bonchev–Trinajstić information content (AvgIpc) is 2.60. The summed E-state index contributed by atoms with van der Waals surface area (Å²) in [7, 11) is 1.51. The van der Waals surface area contributed by atoms with E-state index in [4.69, 9.17) is 4.74 Å². The summed E-state index contributed by atoms with van der Waals surface area (Å²) in [5.74, 6) is -0.0959. The van der Waals surface area contributed by atoms with Gasteiger partial charge in [-0.3, -0.25) is 9.59 Å². The van der Waals surface area contributed by atoms with Crippen molar-refractivity contribution in [2.45, 2.75) is 13.3 Å². The number of hydrogen-bond donors (Lipinski definition) is 2. The fourth-order valence-electron chi connectivity index (χ4n) is 2.17. The number of hydrogen-bond acceptors (Lipinski definition) is 3. The number of anilines is 1. The lowest BCUT2D eigenvalue weighted by molar-refractivity contribution is 0.0954. The zero-order valence-electron chi connectivity index (χ0n) is 13.6. The van der Waals surface area contributed by atoms with Gasteiger partial charge in [0, 0.05) is 11.0 Å². The molecule has 0 fully saturated rings. The molecule has 0 spiro atoms. The van der Waals surface area contributed by atoms with E-state index in [1.807, 2.05) is 6.92 Å². The number of amides is 2. The van der Waals surface area contributed by atoms with E-state index >= 15 is 0 Å². The number of methoxy groups -OCH3 is 1. The Morgan fingerprint density at radius 2 is 1.83 bits per heavy atom. The quantitative estimate of drug-likeness (QED) is 0.786. The molecule has 0 atom stereocenters. The minimum atomic E-state index is -0.344. The monoisotopic (exact) mass is 390 g/mol. The summed E-state index contributed by atoms with van der Waals surface area (Å²) in [6.45, 7) is 2.56. The summed E-state index contributed by atoms with van der Waals surface area (Å²) >= 11 is 3.35. The Hall–Kier alpha value is -2.34. The van der Waals surface area contributed by atoms with Crippen molar-refractivity contribution >= 4 is 33.4 Å². The lowest BCUT2D eigenvalue weighted by atomic mass is 10.1. The molecule has 2 aromatic rings. The van der Waals surface area contributed by atoms with Crippen LogP contribution in [0.25, 0.3) is 0 Å². The van der Waals surface area contributed by atoms with Crippen LogP contribution in [-0.2, 0) is 0 Å². The van der Waals surface area contributed by atoms with Crippen LogP contribution in [0, 0.1) is 0 Å². The van der Waals surface area contributed by atoms with Crippen LogP contribution in [0.3, 0.4) is 0 Å². The van der Waals surface area contributed by atoms with Crippen molar-refractivity contribution in [2.75, 3.05) is 19.0 Å². The van der Waals surface area contributed by atoms with E-state index < -0.39 is 0 Å². The molecule has 2 rings (SSSR count). The van der Waals surface area contributed by atoms with Crippen LogP contribution in [0.1, 0.15) is 34.1 Å². The van der Waals surface area contributed by atoms with Crippen LogP contribution in [0.15, 0.2) is 46.9 Å². The van der Waals surface area contributed by atoms with Gasteiger partial charge in [-0.05, 0) is 36.8 Å². The Morgan fingerprint density at radius 1 is 1.08 bits per heavy atom. The lowest BCUT2D eigenvalue weighted by Gasteiger charge is -2.13. The third-order valence-corrected chi connectivity index (χ3v) is 3.85. The van der Waals surface area contributed by atoms with Gasteiger partial charge >= 0.3 is 0 Å². The molecule has 0 saturated carbocycles. The van der Waals surface area contributed by atoms with Crippen molar-refractivity contribution in [3.8, 4) is 5.75 Å². The predicted octanol–water partition coefficient (Wildman–Crippen LogP) is 3.85. The van der Waals surface area contributed by atoms with Crippen LogP contribution in [-0.4, -0.2) is 25.5 Å². The molecule has 0 aliphatic rings. The van der Waals surface area contributed by atoms with Crippen LogP contribution < -0.4 is 15.4 Å². The van der Waals surface area contributed by atoms with Gasteiger partial charge in [0.1, 0.15) is 5.75 Å². The standard InChI is InChI=1S/C18H19BrN2O3/c1-3-10-20-17(22)13-6-4-5-7-15(13)21-18(23)14-11-12(19)8-9-16(14)24-2/h4-9,11H,3,10H2,1-2H3,(H,20,22)(H,21,23). The van der Waals surface area contributed by atoms with Crippen molar-refractivity contribution < 1.29 is 14.3 Å². The molecule has 5 nitrogen and oxygen atoms in total. The fraction of sp³-hybridized carbons (Fsp3) is 0.222. The molecule has 2 amide bonds. The second-order valence-electron chi connectivity index (χ2n) is 5.10. The van der Waals surface area contributed by atoms with E-state index in [0.717, 1.165) is 10.9 Å². The smallest absolute Gasteiger partial charge is 0.259 e. The van der Waals surface area contributed by atoms with Crippen molar-refractivity contribution in [1.29, 1.82) is 0 Å². The number of carbonyl (C=O) groups excluding carboxylic acids is 2. The highest BCUT2D eigenvalue weighted by atomic mass is 79.9. The first kappa shape index (κ1) is 18.0. The highest BCUT2D eigenvalue weighted by Crippen LogP contribution is 2.25. The maximum absolute atomic E-state index is 12.6. The molecule has 0 unspecified atom stereocenters. The molecule has 0 aromatic heterocycles. The summed E-state index contributed by atoms with van der Waals surface area (Å²) in [5, 5.41) is 5.60. The van der Waals surface area contributed by atoms with E-state index in [1.54, 1.807) is 42.5 Å². The Morgan fingerprint density at radius 3 is 2.54 bits per heavy atom. The van der Waals surface area contributed by atoms with E-state index in [1.165, 1.54) is 7.11 Å². The second kappa shape index (κ2) is 8.49. The number of nitrogens with one attached hydrogen (secondary N) is 2. The summed E-state index contributed by atoms with van der Waals surface area (Å²) in [6.07, 6.45) is 0.843. The van der Waals surface area contributed by atoms with Gasteiger partial charge in [0.2, 0.25) is 0 Å². The summed E-state index contributed by atoms with van der Waals surface area (Å²) in [6, 6.07) is 12.1. The third-order valence-electron chi connectivity index (χ3n) is 3.36. The van der Waals surface area contributed by atoms with Crippen LogP contribution >= 0.6 is 15.9 Å². The molecule has 24 heavy (non-hydrogen) atoms.